The Morgan fingerprint density at radius 1 is 1.17 bits per heavy atom. The van der Waals surface area contributed by atoms with Gasteiger partial charge < -0.3 is 5.73 Å². The first-order chi connectivity index (χ1) is 13.8. The topological polar surface area (TPSA) is 69.1 Å². The number of carbonyl (C=O) groups is 1. The van der Waals surface area contributed by atoms with Gasteiger partial charge >= 0.3 is 0 Å². The fourth-order valence-electron chi connectivity index (χ4n) is 2.98. The molecule has 0 fully saturated rings. The number of halogens is 1. The van der Waals surface area contributed by atoms with Crippen molar-refractivity contribution in [1.82, 2.24) is 19.2 Å². The van der Waals surface area contributed by atoms with E-state index >= 15 is 0 Å². The third-order valence-corrected chi connectivity index (χ3v) is 5.28. The minimum Gasteiger partial charge on any atom is -0.369 e. The summed E-state index contributed by atoms with van der Waals surface area (Å²) in [6.07, 6.45) is 0. The number of hydrogen-bond donors (Lipinski definition) is 1. The summed E-state index contributed by atoms with van der Waals surface area (Å²) in [4.78, 5) is 13.4. The lowest BCUT2D eigenvalue weighted by atomic mass is 10.2. The van der Waals surface area contributed by atoms with Crippen LogP contribution in [0.5, 0.6) is 0 Å². The Kier molecular flexibility index (Phi) is 6.52. The van der Waals surface area contributed by atoms with Crippen molar-refractivity contribution >= 4 is 29.7 Å². The Hall–Kier alpha value is -2.48. The van der Waals surface area contributed by atoms with E-state index in [9.17, 15) is 4.79 Å². The van der Waals surface area contributed by atoms with Crippen LogP contribution in [0.15, 0.2) is 48.5 Å². The van der Waals surface area contributed by atoms with Crippen LogP contribution in [0.3, 0.4) is 0 Å². The van der Waals surface area contributed by atoms with Gasteiger partial charge in [-0.05, 0) is 69.4 Å². The van der Waals surface area contributed by atoms with E-state index in [0.717, 1.165) is 16.8 Å². The first-order valence-corrected chi connectivity index (χ1v) is 10.1. The summed E-state index contributed by atoms with van der Waals surface area (Å²) >= 11 is 11.8. The largest absolute Gasteiger partial charge is 0.369 e. The van der Waals surface area contributed by atoms with Crippen molar-refractivity contribution in [3.05, 3.63) is 63.9 Å². The highest BCUT2D eigenvalue weighted by Gasteiger charge is 2.19. The summed E-state index contributed by atoms with van der Waals surface area (Å²) in [7, 11) is 0. The molecule has 0 aliphatic heterocycles. The van der Waals surface area contributed by atoms with Gasteiger partial charge in [0.1, 0.15) is 0 Å². The van der Waals surface area contributed by atoms with E-state index in [0.29, 0.717) is 22.3 Å². The number of primary amides is 1. The van der Waals surface area contributed by atoms with Crippen molar-refractivity contribution in [3.63, 3.8) is 0 Å². The highest BCUT2D eigenvalue weighted by Crippen LogP contribution is 2.24. The van der Waals surface area contributed by atoms with Crippen molar-refractivity contribution in [2.75, 3.05) is 6.54 Å². The Labute approximate surface area is 180 Å². The molecule has 0 atom stereocenters. The molecule has 0 bridgehead atoms. The molecule has 3 rings (SSSR count). The quantitative estimate of drug-likeness (QED) is 0.572. The first-order valence-electron chi connectivity index (χ1n) is 9.31. The average Bonchev–Trinajstić information content (AvgIpc) is 2.98. The maximum atomic E-state index is 11.5. The van der Waals surface area contributed by atoms with Crippen molar-refractivity contribution < 1.29 is 4.79 Å². The van der Waals surface area contributed by atoms with Gasteiger partial charge in [-0.3, -0.25) is 14.3 Å². The Bertz CT molecular complexity index is 1050. The maximum absolute atomic E-state index is 11.5. The molecule has 29 heavy (non-hydrogen) atoms. The van der Waals surface area contributed by atoms with Crippen LogP contribution in [0.25, 0.3) is 17.1 Å². The van der Waals surface area contributed by atoms with Crippen LogP contribution in [-0.4, -0.2) is 37.7 Å². The number of aryl methyl sites for hydroxylation is 1. The van der Waals surface area contributed by atoms with Crippen molar-refractivity contribution in [2.24, 2.45) is 5.73 Å². The molecular weight excluding hydrogens is 406 g/mol. The first kappa shape index (κ1) is 21.2. The minimum absolute atomic E-state index is 0.105. The zero-order valence-corrected chi connectivity index (χ0v) is 18.2. The molecular formula is C21H24ClN5OS. The lowest BCUT2D eigenvalue weighted by Crippen LogP contribution is -2.39. The van der Waals surface area contributed by atoms with E-state index in [-0.39, 0.29) is 18.5 Å². The third-order valence-electron chi connectivity index (χ3n) is 4.64. The van der Waals surface area contributed by atoms with Crippen LogP contribution in [-0.2, 0) is 11.5 Å². The number of nitrogens with zero attached hydrogens (tertiary/aromatic N) is 4. The van der Waals surface area contributed by atoms with Gasteiger partial charge in [-0.15, -0.1) is 5.10 Å². The Morgan fingerprint density at radius 3 is 2.34 bits per heavy atom. The van der Waals surface area contributed by atoms with E-state index in [1.165, 1.54) is 0 Å². The SMILES string of the molecule is Cc1ccc(-n2c(-c3ccc(Cl)cc3)nn(CN(CC(N)=O)C(C)C)c2=S)cc1. The van der Waals surface area contributed by atoms with Gasteiger partial charge in [-0.2, -0.15) is 0 Å². The van der Waals surface area contributed by atoms with Crippen LogP contribution in [0.2, 0.25) is 5.02 Å². The standard InChI is InChI=1S/C21H24ClN5OS/c1-14(2)25(12-19(23)28)13-26-21(29)27(18-10-4-15(3)5-11-18)20(24-26)16-6-8-17(22)9-7-16/h4-11,14H,12-13H2,1-3H3,(H2,23,28). The molecule has 3 aromatic rings. The fraction of sp³-hybridized carbons (Fsp3) is 0.286. The van der Waals surface area contributed by atoms with Gasteiger partial charge in [0, 0.05) is 22.3 Å². The average molecular weight is 430 g/mol. The molecule has 1 aromatic heterocycles. The molecule has 0 spiro atoms. The maximum Gasteiger partial charge on any atom is 0.231 e. The van der Waals surface area contributed by atoms with E-state index in [1.807, 2.05) is 78.8 Å². The summed E-state index contributed by atoms with van der Waals surface area (Å²) in [6.45, 7) is 6.54. The number of amides is 1. The normalized spacial score (nSPS) is 11.4. The Morgan fingerprint density at radius 2 is 1.79 bits per heavy atom. The second-order valence-corrected chi connectivity index (χ2v) is 8.03. The summed E-state index contributed by atoms with van der Waals surface area (Å²) in [6, 6.07) is 15.7. The van der Waals surface area contributed by atoms with Crippen molar-refractivity contribution in [3.8, 4) is 17.1 Å². The fourth-order valence-corrected chi connectivity index (χ4v) is 3.40. The predicted molar refractivity (Wildman–Crippen MR) is 119 cm³/mol. The smallest absolute Gasteiger partial charge is 0.231 e. The van der Waals surface area contributed by atoms with E-state index in [1.54, 1.807) is 4.68 Å². The van der Waals surface area contributed by atoms with Crippen LogP contribution in [0.1, 0.15) is 19.4 Å². The van der Waals surface area contributed by atoms with Crippen LogP contribution < -0.4 is 5.73 Å². The van der Waals surface area contributed by atoms with E-state index < -0.39 is 0 Å². The Balaban J connectivity index is 2.12. The molecule has 2 aromatic carbocycles. The second-order valence-electron chi connectivity index (χ2n) is 7.23. The minimum atomic E-state index is -0.388. The van der Waals surface area contributed by atoms with Crippen LogP contribution in [0.4, 0.5) is 0 Å². The molecule has 0 radical (unpaired) electrons. The predicted octanol–water partition coefficient (Wildman–Crippen LogP) is 4.19. The molecule has 2 N–H and O–H groups in total. The van der Waals surface area contributed by atoms with Gasteiger partial charge in [0.05, 0.1) is 13.2 Å². The third kappa shape index (κ3) is 4.93. The zero-order valence-electron chi connectivity index (χ0n) is 16.7. The number of aromatic nitrogens is 3. The molecule has 6 nitrogen and oxygen atoms in total. The summed E-state index contributed by atoms with van der Waals surface area (Å²) in [5.41, 5.74) is 8.39. The summed E-state index contributed by atoms with van der Waals surface area (Å²) in [5, 5.41) is 5.43. The number of rotatable bonds is 7. The zero-order chi connectivity index (χ0) is 21.1. The molecule has 1 heterocycles. The lowest BCUT2D eigenvalue weighted by molar-refractivity contribution is -0.120. The lowest BCUT2D eigenvalue weighted by Gasteiger charge is -2.24. The van der Waals surface area contributed by atoms with Crippen LogP contribution >= 0.6 is 23.8 Å². The number of benzene rings is 2. The van der Waals surface area contributed by atoms with Gasteiger partial charge in [0.15, 0.2) is 5.82 Å². The molecule has 0 aliphatic carbocycles. The van der Waals surface area contributed by atoms with E-state index in [2.05, 4.69) is 0 Å². The molecule has 0 saturated heterocycles. The molecule has 8 heteroatoms. The molecule has 0 aliphatic rings. The van der Waals surface area contributed by atoms with Gasteiger partial charge in [0.25, 0.3) is 0 Å². The summed E-state index contributed by atoms with van der Waals surface area (Å²) in [5.74, 6) is 0.319. The highest BCUT2D eigenvalue weighted by atomic mass is 35.5. The van der Waals surface area contributed by atoms with Crippen molar-refractivity contribution in [2.45, 2.75) is 33.5 Å². The van der Waals surface area contributed by atoms with Crippen molar-refractivity contribution in [1.29, 1.82) is 0 Å². The monoisotopic (exact) mass is 429 g/mol. The second kappa shape index (κ2) is 8.90. The number of carbonyl (C=O) groups excluding carboxylic acids is 1. The van der Waals surface area contributed by atoms with Gasteiger partial charge in [-0.25, -0.2) is 4.68 Å². The summed E-state index contributed by atoms with van der Waals surface area (Å²) < 4.78 is 4.19. The highest BCUT2D eigenvalue weighted by molar-refractivity contribution is 7.71. The van der Waals surface area contributed by atoms with Gasteiger partial charge in [0.2, 0.25) is 10.7 Å². The molecule has 1 amide bonds. The van der Waals surface area contributed by atoms with E-state index in [4.69, 9.17) is 34.7 Å². The van der Waals surface area contributed by atoms with Crippen LogP contribution in [0, 0.1) is 11.7 Å². The molecule has 0 saturated carbocycles. The molecule has 0 unspecified atom stereocenters. The number of nitrogens with two attached hydrogens (primary N) is 1. The molecule has 152 valence electrons. The van der Waals surface area contributed by atoms with Gasteiger partial charge in [-0.1, -0.05) is 29.3 Å². The number of hydrogen-bond acceptors (Lipinski definition) is 4.